The van der Waals surface area contributed by atoms with Crippen LogP contribution in [-0.2, 0) is 19.3 Å². The zero-order valence-electron chi connectivity index (χ0n) is 23.5. The van der Waals surface area contributed by atoms with E-state index in [2.05, 4.69) is 52.1 Å². The van der Waals surface area contributed by atoms with Crippen molar-refractivity contribution in [3.8, 4) is 0 Å². The van der Waals surface area contributed by atoms with Gasteiger partial charge in [-0.2, -0.15) is 4.98 Å². The number of pyridine rings is 1. The van der Waals surface area contributed by atoms with Crippen LogP contribution in [0.1, 0.15) is 38.2 Å². The lowest BCUT2D eigenvalue weighted by Crippen LogP contribution is -2.52. The number of rotatable bonds is 7. The first-order valence-electron chi connectivity index (χ1n) is 14.1. The van der Waals surface area contributed by atoms with Crippen LogP contribution in [0.15, 0.2) is 36.7 Å². The van der Waals surface area contributed by atoms with Gasteiger partial charge in [-0.3, -0.25) is 0 Å². The maximum Gasteiger partial charge on any atom is 0.227 e. The van der Waals surface area contributed by atoms with Gasteiger partial charge in [-0.1, -0.05) is 19.9 Å². The summed E-state index contributed by atoms with van der Waals surface area (Å²) in [6, 6.07) is 8.28. The molecule has 0 saturated carbocycles. The van der Waals surface area contributed by atoms with Crippen LogP contribution in [0.2, 0.25) is 0 Å². The zero-order chi connectivity index (χ0) is 27.9. The summed E-state index contributed by atoms with van der Waals surface area (Å²) >= 11 is 0. The molecular weight excluding hydrogens is 528 g/mol. The fraction of sp³-hybridized carbons (Fsp3) is 0.552. The molecule has 0 bridgehead atoms. The average molecular weight is 567 g/mol. The van der Waals surface area contributed by atoms with E-state index in [1.54, 1.807) is 6.20 Å². The Bertz CT molecular complexity index is 1480. The number of ether oxygens (including phenoxy) is 2. The van der Waals surface area contributed by atoms with Gasteiger partial charge in [-0.05, 0) is 47.9 Å². The highest BCUT2D eigenvalue weighted by molar-refractivity contribution is 7.90. The van der Waals surface area contributed by atoms with E-state index in [0.29, 0.717) is 37.5 Å². The Morgan fingerprint density at radius 2 is 1.85 bits per heavy atom. The van der Waals surface area contributed by atoms with E-state index in [0.717, 1.165) is 61.3 Å². The van der Waals surface area contributed by atoms with Crippen LogP contribution in [0.5, 0.6) is 0 Å². The van der Waals surface area contributed by atoms with Crippen molar-refractivity contribution in [3.63, 3.8) is 0 Å². The summed E-state index contributed by atoms with van der Waals surface area (Å²) < 4.78 is 35.2. The summed E-state index contributed by atoms with van der Waals surface area (Å²) in [5, 5.41) is 5.61. The molecule has 3 saturated heterocycles. The summed E-state index contributed by atoms with van der Waals surface area (Å²) in [6.45, 7) is 9.51. The second-order valence-corrected chi connectivity index (χ2v) is 13.9. The number of anilines is 4. The standard InChI is InChI=1S/C29H38N6O4S/c1-20(2)22-4-5-25(35-16-21(17-35)18-40(3,36)37)24-15-31-27(14-23(22)24)32-26-6-9-30-28(33-26)34-10-7-29(8-11-34)19-38-12-13-39-29/h4-6,9,14-15,20-21H,7-8,10-13,16-19H2,1-3H3,(H,30,31,32,33). The van der Waals surface area contributed by atoms with Gasteiger partial charge in [-0.25, -0.2) is 18.4 Å². The van der Waals surface area contributed by atoms with E-state index in [4.69, 9.17) is 19.4 Å². The number of benzene rings is 1. The number of fused-ring (bicyclic) bond motifs is 1. The van der Waals surface area contributed by atoms with E-state index < -0.39 is 9.84 Å². The smallest absolute Gasteiger partial charge is 0.227 e. The van der Waals surface area contributed by atoms with Crippen molar-refractivity contribution in [1.29, 1.82) is 0 Å². The predicted molar refractivity (Wildman–Crippen MR) is 158 cm³/mol. The normalized spacial score (nSPS) is 19.8. The molecule has 10 nitrogen and oxygen atoms in total. The molecule has 11 heteroatoms. The minimum Gasteiger partial charge on any atom is -0.376 e. The predicted octanol–water partition coefficient (Wildman–Crippen LogP) is 3.76. The molecule has 5 heterocycles. The molecule has 0 radical (unpaired) electrons. The Kier molecular flexibility index (Phi) is 7.30. The SMILES string of the molecule is CC(C)c1ccc(N2CC(CS(C)(=O)=O)C2)c2cnc(Nc3ccnc(N4CCC5(CC4)COCCO5)n3)cc12. The Morgan fingerprint density at radius 3 is 2.55 bits per heavy atom. The van der Waals surface area contributed by atoms with E-state index in [9.17, 15) is 8.42 Å². The lowest BCUT2D eigenvalue weighted by molar-refractivity contribution is -0.165. The molecule has 0 amide bonds. The maximum absolute atomic E-state index is 11.7. The quantitative estimate of drug-likeness (QED) is 0.454. The average Bonchev–Trinajstić information content (AvgIpc) is 2.90. The van der Waals surface area contributed by atoms with Crippen LogP contribution in [0.3, 0.4) is 0 Å². The molecule has 0 unspecified atom stereocenters. The van der Waals surface area contributed by atoms with Crippen molar-refractivity contribution in [2.24, 2.45) is 5.92 Å². The van der Waals surface area contributed by atoms with Gasteiger partial charge in [0.15, 0.2) is 0 Å². The summed E-state index contributed by atoms with van der Waals surface area (Å²) in [5.41, 5.74) is 2.18. The van der Waals surface area contributed by atoms with Crippen molar-refractivity contribution in [3.05, 3.63) is 42.2 Å². The van der Waals surface area contributed by atoms with E-state index in [1.807, 2.05) is 12.3 Å². The van der Waals surface area contributed by atoms with Gasteiger partial charge >= 0.3 is 0 Å². The summed E-state index contributed by atoms with van der Waals surface area (Å²) in [5.74, 6) is 2.86. The molecule has 2 aromatic heterocycles. The molecule has 3 fully saturated rings. The van der Waals surface area contributed by atoms with Gasteiger partial charge < -0.3 is 24.6 Å². The monoisotopic (exact) mass is 566 g/mol. The minimum atomic E-state index is -2.97. The number of hydrogen-bond acceptors (Lipinski definition) is 10. The van der Waals surface area contributed by atoms with Crippen LogP contribution < -0.4 is 15.1 Å². The number of nitrogens with zero attached hydrogens (tertiary/aromatic N) is 5. The summed E-state index contributed by atoms with van der Waals surface area (Å²) in [6.07, 6.45) is 6.80. The van der Waals surface area contributed by atoms with E-state index >= 15 is 0 Å². The fourth-order valence-corrected chi connectivity index (χ4v) is 7.18. The third-order valence-corrected chi connectivity index (χ3v) is 9.30. The van der Waals surface area contributed by atoms with Crippen molar-refractivity contribution >= 4 is 43.9 Å². The molecule has 1 spiro atoms. The highest BCUT2D eigenvalue weighted by Gasteiger charge is 2.38. The molecule has 3 aromatic rings. The highest BCUT2D eigenvalue weighted by Crippen LogP contribution is 2.37. The molecular formula is C29H38N6O4S. The third-order valence-electron chi connectivity index (χ3n) is 8.23. The number of aromatic nitrogens is 3. The van der Waals surface area contributed by atoms with Crippen LogP contribution in [-0.4, -0.2) is 87.0 Å². The Balaban J connectivity index is 1.20. The number of sulfone groups is 1. The molecule has 0 atom stereocenters. The highest BCUT2D eigenvalue weighted by atomic mass is 32.2. The largest absolute Gasteiger partial charge is 0.376 e. The van der Waals surface area contributed by atoms with Crippen molar-refractivity contribution in [2.45, 2.75) is 38.2 Å². The van der Waals surface area contributed by atoms with Crippen molar-refractivity contribution in [1.82, 2.24) is 15.0 Å². The third kappa shape index (κ3) is 5.73. The lowest BCUT2D eigenvalue weighted by Gasteiger charge is -2.43. The van der Waals surface area contributed by atoms with Crippen molar-refractivity contribution in [2.75, 3.05) is 73.1 Å². The Morgan fingerprint density at radius 1 is 1.05 bits per heavy atom. The van der Waals surface area contributed by atoms with Gasteiger partial charge in [0.25, 0.3) is 0 Å². The minimum absolute atomic E-state index is 0.169. The Hall–Kier alpha value is -3.02. The zero-order valence-corrected chi connectivity index (χ0v) is 24.3. The second kappa shape index (κ2) is 10.8. The lowest BCUT2D eigenvalue weighted by atomic mass is 9.91. The topological polar surface area (TPSA) is 110 Å². The van der Waals surface area contributed by atoms with Crippen LogP contribution in [0, 0.1) is 5.92 Å². The molecule has 0 aliphatic carbocycles. The Labute approximate surface area is 236 Å². The van der Waals surface area contributed by atoms with Gasteiger partial charge in [0.1, 0.15) is 21.5 Å². The van der Waals surface area contributed by atoms with E-state index in [1.165, 1.54) is 11.8 Å². The number of nitrogens with one attached hydrogen (secondary N) is 1. The maximum atomic E-state index is 11.7. The first-order valence-corrected chi connectivity index (χ1v) is 16.2. The van der Waals surface area contributed by atoms with Crippen LogP contribution in [0.4, 0.5) is 23.3 Å². The molecule has 1 aromatic carbocycles. The number of piperidine rings is 1. The summed E-state index contributed by atoms with van der Waals surface area (Å²) in [7, 11) is -2.97. The molecule has 6 rings (SSSR count). The second-order valence-electron chi connectivity index (χ2n) is 11.7. The van der Waals surface area contributed by atoms with Gasteiger partial charge in [0, 0.05) is 61.8 Å². The molecule has 3 aliphatic heterocycles. The van der Waals surface area contributed by atoms with Gasteiger partial charge in [0.2, 0.25) is 5.95 Å². The van der Waals surface area contributed by atoms with Crippen molar-refractivity contribution < 1.29 is 17.9 Å². The first-order chi connectivity index (χ1) is 19.2. The molecule has 3 aliphatic rings. The fourth-order valence-electron chi connectivity index (χ4n) is 6.12. The van der Waals surface area contributed by atoms with Gasteiger partial charge in [0.05, 0.1) is 31.2 Å². The van der Waals surface area contributed by atoms with Crippen LogP contribution in [0.25, 0.3) is 10.8 Å². The van der Waals surface area contributed by atoms with Gasteiger partial charge in [-0.15, -0.1) is 0 Å². The molecule has 214 valence electrons. The van der Waals surface area contributed by atoms with Crippen LogP contribution >= 0.6 is 0 Å². The molecule has 40 heavy (non-hydrogen) atoms. The first kappa shape index (κ1) is 27.2. The number of hydrogen-bond donors (Lipinski definition) is 1. The summed E-state index contributed by atoms with van der Waals surface area (Å²) in [4.78, 5) is 18.5. The van der Waals surface area contributed by atoms with E-state index in [-0.39, 0.29) is 17.3 Å². The molecule has 1 N–H and O–H groups in total.